The molecule has 0 amide bonds. The number of halogens is 3. The molecule has 1 heterocycles. The van der Waals surface area contributed by atoms with E-state index < -0.39 is 12.1 Å². The van der Waals surface area contributed by atoms with E-state index in [1.807, 2.05) is 0 Å². The lowest BCUT2D eigenvalue weighted by atomic mass is 9.99. The van der Waals surface area contributed by atoms with Crippen molar-refractivity contribution in [1.29, 1.82) is 5.41 Å². The number of nitrogens with two attached hydrogens (primary N) is 1. The van der Waals surface area contributed by atoms with Crippen LogP contribution in [-0.4, -0.2) is 36.2 Å². The van der Waals surface area contributed by atoms with Crippen molar-refractivity contribution in [3.05, 3.63) is 0 Å². The number of alkyl halides is 3. The van der Waals surface area contributed by atoms with Gasteiger partial charge in [-0.15, -0.1) is 0 Å². The van der Waals surface area contributed by atoms with Gasteiger partial charge in [0.25, 0.3) is 0 Å². The summed E-state index contributed by atoms with van der Waals surface area (Å²) in [5.41, 5.74) is 5.31. The number of carboxylic acid groups (broad SMARTS) is 1. The van der Waals surface area contributed by atoms with Crippen molar-refractivity contribution >= 4 is 11.8 Å². The van der Waals surface area contributed by atoms with Crippen LogP contribution < -0.4 is 11.1 Å². The first-order valence-corrected chi connectivity index (χ1v) is 4.60. The number of hydrogen-bond acceptors (Lipinski definition) is 3. The lowest BCUT2D eigenvalue weighted by molar-refractivity contribution is -0.192. The zero-order valence-electron chi connectivity index (χ0n) is 8.47. The Morgan fingerprint density at radius 3 is 2.19 bits per heavy atom. The van der Waals surface area contributed by atoms with Crippen molar-refractivity contribution in [3.8, 4) is 0 Å². The van der Waals surface area contributed by atoms with Crippen LogP contribution in [0.3, 0.4) is 0 Å². The minimum absolute atomic E-state index is 0.304. The molecule has 1 aliphatic rings. The highest BCUT2D eigenvalue weighted by molar-refractivity contribution is 5.79. The van der Waals surface area contributed by atoms with E-state index in [1.54, 1.807) is 0 Å². The lowest BCUT2D eigenvalue weighted by Gasteiger charge is -2.20. The Morgan fingerprint density at radius 1 is 1.50 bits per heavy atom. The maximum absolute atomic E-state index is 10.6. The molecule has 0 aromatic carbocycles. The number of carboxylic acids is 1. The van der Waals surface area contributed by atoms with E-state index in [1.165, 1.54) is 0 Å². The van der Waals surface area contributed by atoms with Gasteiger partial charge in [0.2, 0.25) is 0 Å². The summed E-state index contributed by atoms with van der Waals surface area (Å²) >= 11 is 0. The zero-order chi connectivity index (χ0) is 12.8. The normalized spacial score (nSPS) is 20.6. The van der Waals surface area contributed by atoms with E-state index in [0.717, 1.165) is 25.9 Å². The van der Waals surface area contributed by atoms with Crippen LogP contribution in [0.15, 0.2) is 0 Å². The quantitative estimate of drug-likeness (QED) is 0.398. The molecule has 0 saturated carbocycles. The summed E-state index contributed by atoms with van der Waals surface area (Å²) in [6.07, 6.45) is -2.84. The Balaban J connectivity index is 0.000000293. The molecule has 5 N–H and O–H groups in total. The van der Waals surface area contributed by atoms with Crippen molar-refractivity contribution in [2.24, 2.45) is 11.7 Å². The fourth-order valence-electron chi connectivity index (χ4n) is 1.12. The van der Waals surface area contributed by atoms with Crippen LogP contribution >= 0.6 is 0 Å². The molecule has 0 aromatic heterocycles. The summed E-state index contributed by atoms with van der Waals surface area (Å²) in [6, 6.07) is 0. The van der Waals surface area contributed by atoms with Crippen molar-refractivity contribution in [2.75, 3.05) is 13.1 Å². The molecule has 1 saturated heterocycles. The SMILES string of the molecule is N=C(N)C1CCCNC1.O=C(O)C(F)(F)F. The number of rotatable bonds is 1. The minimum Gasteiger partial charge on any atom is -0.475 e. The van der Waals surface area contributed by atoms with Gasteiger partial charge in [0.15, 0.2) is 0 Å². The van der Waals surface area contributed by atoms with Crippen molar-refractivity contribution < 1.29 is 23.1 Å². The third-order valence-corrected chi connectivity index (χ3v) is 1.98. The zero-order valence-corrected chi connectivity index (χ0v) is 8.47. The van der Waals surface area contributed by atoms with E-state index in [-0.39, 0.29) is 0 Å². The molecule has 16 heavy (non-hydrogen) atoms. The predicted molar refractivity (Wildman–Crippen MR) is 51.2 cm³/mol. The van der Waals surface area contributed by atoms with E-state index in [9.17, 15) is 13.2 Å². The molecule has 0 radical (unpaired) electrons. The van der Waals surface area contributed by atoms with Crippen molar-refractivity contribution in [3.63, 3.8) is 0 Å². The minimum atomic E-state index is -5.08. The summed E-state index contributed by atoms with van der Waals surface area (Å²) in [6.45, 7) is 1.99. The second kappa shape index (κ2) is 6.31. The smallest absolute Gasteiger partial charge is 0.475 e. The van der Waals surface area contributed by atoms with Crippen LogP contribution in [0, 0.1) is 11.3 Å². The van der Waals surface area contributed by atoms with Crippen LogP contribution in [-0.2, 0) is 4.79 Å². The number of piperidine rings is 1. The van der Waals surface area contributed by atoms with Crippen LogP contribution in [0.2, 0.25) is 0 Å². The van der Waals surface area contributed by atoms with Crippen LogP contribution in [0.5, 0.6) is 0 Å². The van der Waals surface area contributed by atoms with Gasteiger partial charge in [-0.3, -0.25) is 5.41 Å². The third kappa shape index (κ3) is 6.23. The Hall–Kier alpha value is -1.31. The molecule has 5 nitrogen and oxygen atoms in total. The number of aliphatic carboxylic acids is 1. The molecule has 0 aromatic rings. The van der Waals surface area contributed by atoms with Gasteiger partial charge in [0.1, 0.15) is 0 Å². The lowest BCUT2D eigenvalue weighted by Crippen LogP contribution is -2.37. The number of carbonyl (C=O) groups is 1. The standard InChI is InChI=1S/C6H13N3.C2HF3O2/c7-6(8)5-2-1-3-9-4-5;3-2(4,5)1(6)7/h5,9H,1-4H2,(H3,7,8);(H,6,7). The first kappa shape index (κ1) is 14.7. The van der Waals surface area contributed by atoms with Gasteiger partial charge in [-0.1, -0.05) is 0 Å². The highest BCUT2D eigenvalue weighted by Gasteiger charge is 2.38. The molecular formula is C8H14F3N3O2. The summed E-state index contributed by atoms with van der Waals surface area (Å²) in [4.78, 5) is 8.90. The van der Waals surface area contributed by atoms with E-state index in [0.29, 0.717) is 11.8 Å². The Morgan fingerprint density at radius 2 is 2.00 bits per heavy atom. The van der Waals surface area contributed by atoms with Crippen molar-refractivity contribution in [2.45, 2.75) is 19.0 Å². The highest BCUT2D eigenvalue weighted by Crippen LogP contribution is 2.13. The fourth-order valence-corrected chi connectivity index (χ4v) is 1.12. The maximum atomic E-state index is 10.6. The molecule has 1 fully saturated rings. The van der Waals surface area contributed by atoms with Crippen LogP contribution in [0.1, 0.15) is 12.8 Å². The van der Waals surface area contributed by atoms with E-state index >= 15 is 0 Å². The summed E-state index contributed by atoms with van der Waals surface area (Å²) < 4.78 is 31.7. The fraction of sp³-hybridized carbons (Fsp3) is 0.750. The van der Waals surface area contributed by atoms with Gasteiger partial charge in [-0.2, -0.15) is 13.2 Å². The number of amidine groups is 1. The van der Waals surface area contributed by atoms with Crippen molar-refractivity contribution in [1.82, 2.24) is 5.32 Å². The largest absolute Gasteiger partial charge is 0.490 e. The Labute approximate surface area is 90.3 Å². The molecule has 1 rings (SSSR count). The van der Waals surface area contributed by atoms with Crippen LogP contribution in [0.4, 0.5) is 13.2 Å². The summed E-state index contributed by atoms with van der Waals surface area (Å²) in [7, 11) is 0. The Bertz CT molecular complexity index is 249. The molecule has 0 bridgehead atoms. The molecule has 0 spiro atoms. The number of hydrogen-bond donors (Lipinski definition) is 4. The van der Waals surface area contributed by atoms with Crippen LogP contribution in [0.25, 0.3) is 0 Å². The average molecular weight is 241 g/mol. The van der Waals surface area contributed by atoms with Gasteiger partial charge < -0.3 is 16.2 Å². The van der Waals surface area contributed by atoms with Gasteiger partial charge in [-0.25, -0.2) is 4.79 Å². The molecule has 1 aliphatic heterocycles. The molecule has 1 unspecified atom stereocenters. The maximum Gasteiger partial charge on any atom is 0.490 e. The molecule has 8 heteroatoms. The number of nitrogens with one attached hydrogen (secondary N) is 2. The van der Waals surface area contributed by atoms with E-state index in [4.69, 9.17) is 21.0 Å². The Kier molecular flexibility index (Phi) is 5.79. The van der Waals surface area contributed by atoms with Gasteiger partial charge >= 0.3 is 12.1 Å². The topological polar surface area (TPSA) is 99.2 Å². The van der Waals surface area contributed by atoms with E-state index in [2.05, 4.69) is 5.32 Å². The highest BCUT2D eigenvalue weighted by atomic mass is 19.4. The first-order chi connectivity index (χ1) is 7.25. The van der Waals surface area contributed by atoms with Gasteiger partial charge in [0.05, 0.1) is 5.84 Å². The van der Waals surface area contributed by atoms with Gasteiger partial charge in [0, 0.05) is 12.5 Å². The molecule has 94 valence electrons. The summed E-state index contributed by atoms with van der Waals surface area (Å²) in [5, 5.41) is 17.4. The monoisotopic (exact) mass is 241 g/mol. The second-order valence-corrected chi connectivity index (χ2v) is 3.30. The predicted octanol–water partition coefficient (Wildman–Crippen LogP) is 0.555. The summed E-state index contributed by atoms with van der Waals surface area (Å²) in [5.74, 6) is -2.12. The first-order valence-electron chi connectivity index (χ1n) is 4.60. The average Bonchev–Trinajstić information content (AvgIpc) is 2.18. The van der Waals surface area contributed by atoms with Gasteiger partial charge in [-0.05, 0) is 19.4 Å². The molecule has 0 aliphatic carbocycles. The molecule has 1 atom stereocenters. The second-order valence-electron chi connectivity index (χ2n) is 3.30. The molecular weight excluding hydrogens is 227 g/mol. The third-order valence-electron chi connectivity index (χ3n) is 1.98.